The monoisotopic (exact) mass is 319 g/mol. The molecule has 0 bridgehead atoms. The van der Waals surface area contributed by atoms with Gasteiger partial charge in [-0.15, -0.1) is 0 Å². The smallest absolute Gasteiger partial charge is 0.237 e. The number of carbonyl (C=O) groups is 1. The van der Waals surface area contributed by atoms with Crippen molar-refractivity contribution in [3.8, 4) is 0 Å². The number of likely N-dealkylation sites (N-methyl/N-ethyl adjacent to an activating group) is 1. The molecule has 0 aromatic carbocycles. The summed E-state index contributed by atoms with van der Waals surface area (Å²) in [5.74, 6) is 1.33. The normalized spacial score (nSPS) is 17.3. The molecule has 1 fully saturated rings. The summed E-state index contributed by atoms with van der Waals surface area (Å²) >= 11 is 0. The third-order valence-electron chi connectivity index (χ3n) is 4.17. The number of nitrogens with zero attached hydrogens (tertiary/aromatic N) is 3. The highest BCUT2D eigenvalue weighted by atomic mass is 16.2. The van der Waals surface area contributed by atoms with Crippen LogP contribution < -0.4 is 16.0 Å². The van der Waals surface area contributed by atoms with Crippen molar-refractivity contribution in [1.29, 1.82) is 0 Å². The minimum absolute atomic E-state index is 0.0955. The van der Waals surface area contributed by atoms with Gasteiger partial charge in [0.1, 0.15) is 5.82 Å². The Labute approximate surface area is 139 Å². The molecular formula is C17H29N5O. The van der Waals surface area contributed by atoms with Crippen LogP contribution in [0.3, 0.4) is 0 Å². The fourth-order valence-corrected chi connectivity index (χ4v) is 2.68. The lowest BCUT2D eigenvalue weighted by molar-refractivity contribution is -0.122. The summed E-state index contributed by atoms with van der Waals surface area (Å²) in [6.07, 6.45) is 2.54. The first-order chi connectivity index (χ1) is 11.0. The Bertz CT molecular complexity index is 494. The third-order valence-corrected chi connectivity index (χ3v) is 4.17. The van der Waals surface area contributed by atoms with Gasteiger partial charge in [-0.3, -0.25) is 4.79 Å². The van der Waals surface area contributed by atoms with Crippen LogP contribution >= 0.6 is 0 Å². The molecule has 23 heavy (non-hydrogen) atoms. The second-order valence-electron chi connectivity index (χ2n) is 6.77. The standard InChI is InChI=1S/C17H29N5O/c1-13(2)10-15(18)17(23)20-12-14-4-5-16(19-11-14)22-8-6-21(3)7-9-22/h4-5,11,13,15H,6-10,12,18H2,1-3H3,(H,20,23)/t15-/m0/s1. The molecule has 1 aliphatic heterocycles. The highest BCUT2D eigenvalue weighted by Crippen LogP contribution is 2.13. The van der Waals surface area contributed by atoms with E-state index in [1.54, 1.807) is 0 Å². The molecule has 6 nitrogen and oxygen atoms in total. The number of piperazine rings is 1. The zero-order valence-electron chi connectivity index (χ0n) is 14.5. The van der Waals surface area contributed by atoms with Crippen molar-refractivity contribution in [3.63, 3.8) is 0 Å². The number of pyridine rings is 1. The number of aromatic nitrogens is 1. The number of anilines is 1. The fourth-order valence-electron chi connectivity index (χ4n) is 2.68. The van der Waals surface area contributed by atoms with Gasteiger partial charge >= 0.3 is 0 Å². The molecule has 0 saturated carbocycles. The first-order valence-corrected chi connectivity index (χ1v) is 8.37. The highest BCUT2D eigenvalue weighted by Gasteiger charge is 2.16. The van der Waals surface area contributed by atoms with Crippen LogP contribution in [0, 0.1) is 5.92 Å². The van der Waals surface area contributed by atoms with Gasteiger partial charge in [0.15, 0.2) is 0 Å². The molecule has 0 spiro atoms. The van der Waals surface area contributed by atoms with Crippen molar-refractivity contribution in [1.82, 2.24) is 15.2 Å². The van der Waals surface area contributed by atoms with Crippen LogP contribution in [0.15, 0.2) is 18.3 Å². The molecule has 1 aliphatic rings. The Balaban J connectivity index is 1.82. The summed E-state index contributed by atoms with van der Waals surface area (Å²) in [5.41, 5.74) is 6.87. The van der Waals surface area contributed by atoms with E-state index in [-0.39, 0.29) is 5.91 Å². The number of rotatable bonds is 6. The second-order valence-corrected chi connectivity index (χ2v) is 6.77. The lowest BCUT2D eigenvalue weighted by Gasteiger charge is -2.33. The van der Waals surface area contributed by atoms with Crippen LogP contribution in [0.25, 0.3) is 0 Å². The molecule has 2 rings (SSSR count). The molecule has 1 aromatic heterocycles. The van der Waals surface area contributed by atoms with Gasteiger partial charge in [0, 0.05) is 38.9 Å². The van der Waals surface area contributed by atoms with Crippen LogP contribution in [0.2, 0.25) is 0 Å². The molecule has 0 radical (unpaired) electrons. The lowest BCUT2D eigenvalue weighted by Crippen LogP contribution is -2.44. The van der Waals surface area contributed by atoms with Gasteiger partial charge in [-0.25, -0.2) is 4.98 Å². The lowest BCUT2D eigenvalue weighted by atomic mass is 10.0. The first-order valence-electron chi connectivity index (χ1n) is 8.37. The topological polar surface area (TPSA) is 74.5 Å². The number of hydrogen-bond donors (Lipinski definition) is 2. The number of carbonyl (C=O) groups excluding carboxylic acids is 1. The summed E-state index contributed by atoms with van der Waals surface area (Å²) in [4.78, 5) is 21.1. The molecule has 6 heteroatoms. The second kappa shape index (κ2) is 8.26. The fraction of sp³-hybridized carbons (Fsp3) is 0.647. The van der Waals surface area contributed by atoms with Gasteiger partial charge in [-0.05, 0) is 31.0 Å². The van der Waals surface area contributed by atoms with Gasteiger partial charge < -0.3 is 20.9 Å². The predicted molar refractivity (Wildman–Crippen MR) is 93.2 cm³/mol. The molecule has 3 N–H and O–H groups in total. The Morgan fingerprint density at radius 1 is 1.30 bits per heavy atom. The van der Waals surface area contributed by atoms with E-state index < -0.39 is 6.04 Å². The molecule has 1 amide bonds. The number of nitrogens with two attached hydrogens (primary N) is 1. The molecule has 1 atom stereocenters. The van der Waals surface area contributed by atoms with Crippen molar-refractivity contribution in [3.05, 3.63) is 23.9 Å². The predicted octanol–water partition coefficient (Wildman–Crippen LogP) is 0.823. The van der Waals surface area contributed by atoms with Crippen LogP contribution in [0.4, 0.5) is 5.82 Å². The quantitative estimate of drug-likeness (QED) is 0.812. The molecule has 1 aromatic rings. The van der Waals surface area contributed by atoms with Crippen molar-refractivity contribution in [2.24, 2.45) is 11.7 Å². The maximum Gasteiger partial charge on any atom is 0.237 e. The number of hydrogen-bond acceptors (Lipinski definition) is 5. The van der Waals surface area contributed by atoms with Crippen molar-refractivity contribution in [2.45, 2.75) is 32.9 Å². The van der Waals surface area contributed by atoms with E-state index in [1.165, 1.54) is 0 Å². The Morgan fingerprint density at radius 3 is 2.57 bits per heavy atom. The van der Waals surface area contributed by atoms with Crippen molar-refractivity contribution in [2.75, 3.05) is 38.1 Å². The van der Waals surface area contributed by atoms with Crippen LogP contribution in [0.1, 0.15) is 25.8 Å². The van der Waals surface area contributed by atoms with Crippen molar-refractivity contribution >= 4 is 11.7 Å². The maximum absolute atomic E-state index is 11.9. The molecule has 0 unspecified atom stereocenters. The van der Waals surface area contributed by atoms with E-state index in [9.17, 15) is 4.79 Å². The molecular weight excluding hydrogens is 290 g/mol. The van der Waals surface area contributed by atoms with E-state index in [0.717, 1.165) is 37.6 Å². The highest BCUT2D eigenvalue weighted by molar-refractivity contribution is 5.81. The largest absolute Gasteiger partial charge is 0.354 e. The van der Waals surface area contributed by atoms with Crippen molar-refractivity contribution < 1.29 is 4.79 Å². The SMILES string of the molecule is CC(C)C[C@H](N)C(=O)NCc1ccc(N2CCN(C)CC2)nc1. The maximum atomic E-state index is 11.9. The minimum Gasteiger partial charge on any atom is -0.354 e. The zero-order valence-corrected chi connectivity index (χ0v) is 14.5. The van der Waals surface area contributed by atoms with E-state index in [1.807, 2.05) is 18.3 Å². The summed E-state index contributed by atoms with van der Waals surface area (Å²) < 4.78 is 0. The molecule has 0 aliphatic carbocycles. The van der Waals surface area contributed by atoms with E-state index in [2.05, 4.69) is 41.0 Å². The van der Waals surface area contributed by atoms with Gasteiger partial charge in [-0.1, -0.05) is 19.9 Å². The summed E-state index contributed by atoms with van der Waals surface area (Å²) in [5, 5.41) is 2.88. The Hall–Kier alpha value is -1.66. The Kier molecular flexibility index (Phi) is 6.36. The van der Waals surface area contributed by atoms with Gasteiger partial charge in [0.25, 0.3) is 0 Å². The van der Waals surface area contributed by atoms with Crippen LogP contribution in [0.5, 0.6) is 0 Å². The van der Waals surface area contributed by atoms with Crippen LogP contribution in [-0.2, 0) is 11.3 Å². The van der Waals surface area contributed by atoms with Gasteiger partial charge in [-0.2, -0.15) is 0 Å². The average molecular weight is 319 g/mol. The molecule has 2 heterocycles. The minimum atomic E-state index is -0.437. The molecule has 1 saturated heterocycles. The summed E-state index contributed by atoms with van der Waals surface area (Å²) in [6.45, 7) is 8.73. The zero-order chi connectivity index (χ0) is 16.8. The number of nitrogens with one attached hydrogen (secondary N) is 1. The van der Waals surface area contributed by atoms with E-state index >= 15 is 0 Å². The summed E-state index contributed by atoms with van der Waals surface area (Å²) in [6, 6.07) is 3.61. The Morgan fingerprint density at radius 2 is 2.00 bits per heavy atom. The number of amides is 1. The average Bonchev–Trinajstić information content (AvgIpc) is 2.53. The van der Waals surface area contributed by atoms with E-state index in [0.29, 0.717) is 18.9 Å². The first kappa shape index (κ1) is 17.7. The van der Waals surface area contributed by atoms with Gasteiger partial charge in [0.2, 0.25) is 5.91 Å². The van der Waals surface area contributed by atoms with E-state index in [4.69, 9.17) is 5.73 Å². The summed E-state index contributed by atoms with van der Waals surface area (Å²) in [7, 11) is 2.14. The third kappa shape index (κ3) is 5.48. The molecule has 128 valence electrons. The van der Waals surface area contributed by atoms with Gasteiger partial charge in [0.05, 0.1) is 6.04 Å². The van der Waals surface area contributed by atoms with Crippen LogP contribution in [-0.4, -0.2) is 55.1 Å².